The summed E-state index contributed by atoms with van der Waals surface area (Å²) in [6, 6.07) is 3.91. The fourth-order valence-electron chi connectivity index (χ4n) is 1.62. The summed E-state index contributed by atoms with van der Waals surface area (Å²) >= 11 is 1.58. The van der Waals surface area contributed by atoms with Gasteiger partial charge < -0.3 is 9.64 Å². The lowest BCUT2D eigenvalue weighted by Gasteiger charge is -2.25. The standard InChI is InChI=1S/C10H11N5OS/c1-2-8(17-7-1)9-11-13-10(14-12-9)15-3-5-16-6-4-15/h1-2,7H,3-6H2. The van der Waals surface area contributed by atoms with Crippen molar-refractivity contribution < 1.29 is 4.74 Å². The van der Waals surface area contributed by atoms with Crippen LogP contribution in [0.1, 0.15) is 0 Å². The first kappa shape index (κ1) is 10.5. The number of hydrogen-bond acceptors (Lipinski definition) is 7. The molecular weight excluding hydrogens is 238 g/mol. The molecule has 1 saturated heterocycles. The zero-order chi connectivity index (χ0) is 11.5. The summed E-state index contributed by atoms with van der Waals surface area (Å²) in [5, 5.41) is 18.4. The molecule has 0 radical (unpaired) electrons. The van der Waals surface area contributed by atoms with E-state index in [4.69, 9.17) is 4.74 Å². The number of ether oxygens (including phenoxy) is 1. The van der Waals surface area contributed by atoms with Gasteiger partial charge in [-0.25, -0.2) is 0 Å². The molecule has 0 saturated carbocycles. The summed E-state index contributed by atoms with van der Waals surface area (Å²) < 4.78 is 5.27. The molecule has 0 amide bonds. The molecule has 2 aromatic heterocycles. The zero-order valence-corrected chi connectivity index (χ0v) is 9.93. The van der Waals surface area contributed by atoms with Gasteiger partial charge in [-0.05, 0) is 11.4 Å². The van der Waals surface area contributed by atoms with Crippen LogP contribution in [0.3, 0.4) is 0 Å². The van der Waals surface area contributed by atoms with Gasteiger partial charge in [0.1, 0.15) is 0 Å². The van der Waals surface area contributed by atoms with E-state index >= 15 is 0 Å². The summed E-state index contributed by atoms with van der Waals surface area (Å²) in [6.45, 7) is 3.00. The van der Waals surface area contributed by atoms with Gasteiger partial charge >= 0.3 is 0 Å². The van der Waals surface area contributed by atoms with Crippen LogP contribution in [-0.4, -0.2) is 46.7 Å². The number of hydrogen-bond donors (Lipinski definition) is 0. The number of nitrogens with zero attached hydrogens (tertiary/aromatic N) is 5. The fraction of sp³-hybridized carbons (Fsp3) is 0.400. The van der Waals surface area contributed by atoms with Gasteiger partial charge in [-0.3, -0.25) is 0 Å². The van der Waals surface area contributed by atoms with E-state index in [1.165, 1.54) is 0 Å². The third-order valence-corrected chi connectivity index (χ3v) is 3.37. The summed E-state index contributed by atoms with van der Waals surface area (Å²) in [5.74, 6) is 1.16. The van der Waals surface area contributed by atoms with Crippen molar-refractivity contribution in [2.75, 3.05) is 31.2 Å². The van der Waals surface area contributed by atoms with Crippen molar-refractivity contribution in [1.82, 2.24) is 20.4 Å². The number of thiophene rings is 1. The molecule has 1 fully saturated rings. The fourth-order valence-corrected chi connectivity index (χ4v) is 2.27. The van der Waals surface area contributed by atoms with Crippen molar-refractivity contribution in [3.8, 4) is 10.7 Å². The Labute approximate surface area is 102 Å². The second kappa shape index (κ2) is 4.72. The Bertz CT molecular complexity index is 466. The Balaban J connectivity index is 1.80. The van der Waals surface area contributed by atoms with E-state index in [2.05, 4.69) is 20.4 Å². The maximum Gasteiger partial charge on any atom is 0.264 e. The normalized spacial score (nSPS) is 16.1. The van der Waals surface area contributed by atoms with Crippen LogP contribution in [-0.2, 0) is 4.74 Å². The van der Waals surface area contributed by atoms with E-state index in [0.29, 0.717) is 25.0 Å². The second-order valence-electron chi connectivity index (χ2n) is 3.60. The lowest BCUT2D eigenvalue weighted by atomic mass is 10.4. The molecule has 17 heavy (non-hydrogen) atoms. The van der Waals surface area contributed by atoms with E-state index in [9.17, 15) is 0 Å². The predicted molar refractivity (Wildman–Crippen MR) is 64.0 cm³/mol. The topological polar surface area (TPSA) is 64.0 Å². The highest BCUT2D eigenvalue weighted by Gasteiger charge is 2.15. The molecule has 0 aromatic carbocycles. The smallest absolute Gasteiger partial charge is 0.264 e. The van der Waals surface area contributed by atoms with Crippen molar-refractivity contribution in [3.05, 3.63) is 17.5 Å². The van der Waals surface area contributed by atoms with Gasteiger partial charge in [0, 0.05) is 13.1 Å². The van der Waals surface area contributed by atoms with Gasteiger partial charge in [-0.15, -0.1) is 31.7 Å². The molecule has 0 spiro atoms. The number of aromatic nitrogens is 4. The van der Waals surface area contributed by atoms with Gasteiger partial charge in [0.05, 0.1) is 18.1 Å². The molecule has 0 atom stereocenters. The van der Waals surface area contributed by atoms with Gasteiger partial charge in [0.2, 0.25) is 5.82 Å². The Hall–Kier alpha value is -1.60. The van der Waals surface area contributed by atoms with E-state index in [0.717, 1.165) is 18.0 Å². The number of morpholine rings is 1. The molecule has 0 bridgehead atoms. The molecule has 1 aliphatic heterocycles. The summed E-state index contributed by atoms with van der Waals surface area (Å²) in [6.07, 6.45) is 0. The highest BCUT2D eigenvalue weighted by Crippen LogP contribution is 2.19. The molecule has 2 aromatic rings. The molecule has 3 rings (SSSR count). The second-order valence-corrected chi connectivity index (χ2v) is 4.55. The SMILES string of the molecule is c1csc(-c2nnc(N3CCOCC3)nn2)c1. The van der Waals surface area contributed by atoms with Crippen LogP contribution in [0.4, 0.5) is 5.95 Å². The van der Waals surface area contributed by atoms with Crippen LogP contribution in [0, 0.1) is 0 Å². The minimum absolute atomic E-state index is 0.577. The van der Waals surface area contributed by atoms with Crippen molar-refractivity contribution in [2.24, 2.45) is 0 Å². The van der Waals surface area contributed by atoms with Gasteiger partial charge in [0.15, 0.2) is 0 Å². The highest BCUT2D eigenvalue weighted by atomic mass is 32.1. The lowest BCUT2D eigenvalue weighted by molar-refractivity contribution is 0.122. The zero-order valence-electron chi connectivity index (χ0n) is 9.11. The maximum atomic E-state index is 5.27. The Morgan fingerprint density at radius 2 is 1.88 bits per heavy atom. The quantitative estimate of drug-likeness (QED) is 0.785. The lowest BCUT2D eigenvalue weighted by Crippen LogP contribution is -2.37. The van der Waals surface area contributed by atoms with Crippen LogP contribution in [0.2, 0.25) is 0 Å². The summed E-state index contributed by atoms with van der Waals surface area (Å²) in [5.41, 5.74) is 0. The minimum atomic E-state index is 0.577. The predicted octanol–water partition coefficient (Wildman–Crippen LogP) is 0.832. The maximum absolute atomic E-state index is 5.27. The average molecular weight is 249 g/mol. The first-order valence-electron chi connectivity index (χ1n) is 5.37. The third-order valence-electron chi connectivity index (χ3n) is 2.50. The van der Waals surface area contributed by atoms with Gasteiger partial charge in [-0.1, -0.05) is 6.07 Å². The monoisotopic (exact) mass is 249 g/mol. The molecule has 88 valence electrons. The molecule has 7 heteroatoms. The first-order valence-corrected chi connectivity index (χ1v) is 6.25. The average Bonchev–Trinajstić information content (AvgIpc) is 2.94. The molecular formula is C10H11N5OS. The minimum Gasteiger partial charge on any atom is -0.378 e. The van der Waals surface area contributed by atoms with Crippen molar-refractivity contribution in [2.45, 2.75) is 0 Å². The highest BCUT2D eigenvalue weighted by molar-refractivity contribution is 7.13. The molecule has 0 aliphatic carbocycles. The number of rotatable bonds is 2. The molecule has 6 nitrogen and oxygen atoms in total. The van der Waals surface area contributed by atoms with Gasteiger partial charge in [0.25, 0.3) is 5.95 Å². The van der Waals surface area contributed by atoms with E-state index in [-0.39, 0.29) is 0 Å². The van der Waals surface area contributed by atoms with Crippen molar-refractivity contribution in [3.63, 3.8) is 0 Å². The molecule has 3 heterocycles. The summed E-state index contributed by atoms with van der Waals surface area (Å²) in [7, 11) is 0. The van der Waals surface area contributed by atoms with E-state index < -0.39 is 0 Å². The van der Waals surface area contributed by atoms with Crippen LogP contribution in [0.25, 0.3) is 10.7 Å². The molecule has 0 N–H and O–H groups in total. The van der Waals surface area contributed by atoms with Crippen molar-refractivity contribution >= 4 is 17.3 Å². The molecule has 0 unspecified atom stereocenters. The Morgan fingerprint density at radius 1 is 1.12 bits per heavy atom. The van der Waals surface area contributed by atoms with Crippen LogP contribution in [0.15, 0.2) is 17.5 Å². The number of anilines is 1. The largest absolute Gasteiger partial charge is 0.378 e. The Kier molecular flexibility index (Phi) is 2.93. The van der Waals surface area contributed by atoms with Gasteiger partial charge in [-0.2, -0.15) is 0 Å². The summed E-state index contributed by atoms with van der Waals surface area (Å²) in [4.78, 5) is 3.01. The Morgan fingerprint density at radius 3 is 2.53 bits per heavy atom. The third kappa shape index (κ3) is 2.25. The van der Waals surface area contributed by atoms with Crippen LogP contribution < -0.4 is 4.90 Å². The van der Waals surface area contributed by atoms with E-state index in [1.807, 2.05) is 22.4 Å². The van der Waals surface area contributed by atoms with Crippen LogP contribution >= 0.6 is 11.3 Å². The van der Waals surface area contributed by atoms with Crippen LogP contribution in [0.5, 0.6) is 0 Å². The van der Waals surface area contributed by atoms with E-state index in [1.54, 1.807) is 11.3 Å². The molecule has 1 aliphatic rings. The van der Waals surface area contributed by atoms with Crippen molar-refractivity contribution in [1.29, 1.82) is 0 Å². The first-order chi connectivity index (χ1) is 8.43.